The van der Waals surface area contributed by atoms with E-state index in [2.05, 4.69) is 45.3 Å². The van der Waals surface area contributed by atoms with Gasteiger partial charge in [-0.2, -0.15) is 0 Å². The van der Waals surface area contributed by atoms with Crippen molar-refractivity contribution in [2.75, 3.05) is 18.9 Å². The number of anilines is 1. The minimum atomic E-state index is -0.517. The molecule has 2 aromatic carbocycles. The third kappa shape index (κ3) is 6.70. The number of aromatic nitrogens is 3. The Kier molecular flexibility index (Phi) is 9.24. The van der Waals surface area contributed by atoms with Crippen molar-refractivity contribution in [3.8, 4) is 0 Å². The van der Waals surface area contributed by atoms with Crippen LogP contribution in [-0.2, 0) is 29.0 Å². The first-order chi connectivity index (χ1) is 19.2. The molecule has 4 N–H and O–H groups in total. The summed E-state index contributed by atoms with van der Waals surface area (Å²) in [7, 11) is 0. The second-order valence-corrected chi connectivity index (χ2v) is 10.7. The van der Waals surface area contributed by atoms with Gasteiger partial charge in [0.15, 0.2) is 5.82 Å². The summed E-state index contributed by atoms with van der Waals surface area (Å²) in [4.78, 5) is 33.7. The van der Waals surface area contributed by atoms with Crippen LogP contribution < -0.4 is 16.4 Å². The predicted molar refractivity (Wildman–Crippen MR) is 159 cm³/mol. The van der Waals surface area contributed by atoms with Crippen molar-refractivity contribution in [1.29, 1.82) is 0 Å². The smallest absolute Gasteiger partial charge is 0.407 e. The molecule has 2 amide bonds. The zero-order valence-corrected chi connectivity index (χ0v) is 23.9. The number of rotatable bonds is 12. The molecule has 0 spiro atoms. The molecule has 4 aromatic rings. The van der Waals surface area contributed by atoms with Gasteiger partial charge in [-0.05, 0) is 30.0 Å². The summed E-state index contributed by atoms with van der Waals surface area (Å²) in [6, 6.07) is 16.2. The SMILES string of the molecule is CCCCc1nc2c(N)nc3ccccc3c2n1Cc1ccc(CNC(=O)OCCNC(=O)C(C)(C)CC)cc1. The van der Waals surface area contributed by atoms with Crippen molar-refractivity contribution in [1.82, 2.24) is 25.2 Å². The number of pyridine rings is 1. The topological polar surface area (TPSA) is 124 Å². The van der Waals surface area contributed by atoms with Gasteiger partial charge >= 0.3 is 6.09 Å². The van der Waals surface area contributed by atoms with Crippen LogP contribution >= 0.6 is 0 Å². The van der Waals surface area contributed by atoms with Crippen molar-refractivity contribution in [3.63, 3.8) is 0 Å². The van der Waals surface area contributed by atoms with Crippen LogP contribution in [0.2, 0.25) is 0 Å². The molecule has 2 aromatic heterocycles. The highest BCUT2D eigenvalue weighted by Crippen LogP contribution is 2.30. The van der Waals surface area contributed by atoms with Gasteiger partial charge < -0.3 is 25.7 Å². The maximum absolute atomic E-state index is 12.1. The van der Waals surface area contributed by atoms with Crippen molar-refractivity contribution in [3.05, 3.63) is 65.5 Å². The third-order valence-electron chi connectivity index (χ3n) is 7.36. The number of aryl methyl sites for hydroxylation is 1. The van der Waals surface area contributed by atoms with E-state index in [1.165, 1.54) is 0 Å². The van der Waals surface area contributed by atoms with Crippen LogP contribution in [0.4, 0.5) is 10.6 Å². The molecule has 212 valence electrons. The molecule has 0 atom stereocenters. The van der Waals surface area contributed by atoms with Crippen LogP contribution in [0.15, 0.2) is 48.5 Å². The number of imidazole rings is 1. The summed E-state index contributed by atoms with van der Waals surface area (Å²) in [6.45, 7) is 9.31. The van der Waals surface area contributed by atoms with Crippen LogP contribution in [0.25, 0.3) is 21.9 Å². The number of unbranched alkanes of at least 4 members (excludes halogenated alkanes) is 1. The second-order valence-electron chi connectivity index (χ2n) is 10.7. The zero-order chi connectivity index (χ0) is 28.7. The Labute approximate surface area is 235 Å². The number of para-hydroxylation sites is 1. The number of ether oxygens (including phenoxy) is 1. The molecule has 4 rings (SSSR count). The fourth-order valence-electron chi connectivity index (χ4n) is 4.48. The van der Waals surface area contributed by atoms with E-state index in [4.69, 9.17) is 15.5 Å². The average molecular weight is 545 g/mol. The lowest BCUT2D eigenvalue weighted by molar-refractivity contribution is -0.129. The number of nitrogen functional groups attached to an aromatic ring is 1. The van der Waals surface area contributed by atoms with Gasteiger partial charge in [-0.15, -0.1) is 0 Å². The molecule has 9 nitrogen and oxygen atoms in total. The minimum Gasteiger partial charge on any atom is -0.448 e. The summed E-state index contributed by atoms with van der Waals surface area (Å²) in [5, 5.41) is 6.61. The molecule has 40 heavy (non-hydrogen) atoms. The monoisotopic (exact) mass is 544 g/mol. The number of nitrogens with one attached hydrogen (secondary N) is 2. The van der Waals surface area contributed by atoms with Crippen LogP contribution in [0.5, 0.6) is 0 Å². The summed E-state index contributed by atoms with van der Waals surface area (Å²) in [5.41, 5.74) is 10.6. The van der Waals surface area contributed by atoms with E-state index < -0.39 is 11.5 Å². The van der Waals surface area contributed by atoms with E-state index in [-0.39, 0.29) is 19.1 Å². The molecular formula is C31H40N6O3. The lowest BCUT2D eigenvalue weighted by Gasteiger charge is -2.21. The lowest BCUT2D eigenvalue weighted by Crippen LogP contribution is -2.38. The van der Waals surface area contributed by atoms with Crippen LogP contribution in [0.1, 0.15) is 63.9 Å². The van der Waals surface area contributed by atoms with Gasteiger partial charge in [0.25, 0.3) is 0 Å². The van der Waals surface area contributed by atoms with E-state index in [1.807, 2.05) is 51.1 Å². The predicted octanol–water partition coefficient (Wildman–Crippen LogP) is 5.34. The van der Waals surface area contributed by atoms with Crippen molar-refractivity contribution < 1.29 is 14.3 Å². The maximum Gasteiger partial charge on any atom is 0.407 e. The summed E-state index contributed by atoms with van der Waals surface area (Å²) in [6.07, 6.45) is 3.20. The fraction of sp³-hybridized carbons (Fsp3) is 0.419. The van der Waals surface area contributed by atoms with Crippen molar-refractivity contribution >= 4 is 39.8 Å². The number of carbonyl (C=O) groups is 2. The zero-order valence-electron chi connectivity index (χ0n) is 23.9. The van der Waals surface area contributed by atoms with Gasteiger partial charge in [0, 0.05) is 30.3 Å². The minimum absolute atomic E-state index is 0.0476. The number of nitrogens with two attached hydrogens (primary N) is 1. The number of hydrogen-bond acceptors (Lipinski definition) is 6. The second kappa shape index (κ2) is 12.8. The first kappa shape index (κ1) is 28.9. The Morgan fingerprint density at radius 3 is 2.45 bits per heavy atom. The molecule has 0 aliphatic carbocycles. The quantitative estimate of drug-likeness (QED) is 0.207. The molecule has 0 aliphatic heterocycles. The van der Waals surface area contributed by atoms with Gasteiger partial charge in [0.1, 0.15) is 17.9 Å². The van der Waals surface area contributed by atoms with Gasteiger partial charge in [-0.25, -0.2) is 14.8 Å². The number of nitrogens with zero attached hydrogens (tertiary/aromatic N) is 3. The van der Waals surface area contributed by atoms with E-state index in [9.17, 15) is 9.59 Å². The Balaban J connectivity index is 1.39. The highest BCUT2D eigenvalue weighted by atomic mass is 16.5. The highest BCUT2D eigenvalue weighted by Gasteiger charge is 2.24. The summed E-state index contributed by atoms with van der Waals surface area (Å²) >= 11 is 0. The van der Waals surface area contributed by atoms with E-state index >= 15 is 0 Å². The molecule has 0 unspecified atom stereocenters. The van der Waals surface area contributed by atoms with Crippen molar-refractivity contribution in [2.24, 2.45) is 5.41 Å². The Bertz CT molecular complexity index is 1480. The summed E-state index contributed by atoms with van der Waals surface area (Å²) in [5.74, 6) is 1.41. The van der Waals surface area contributed by atoms with E-state index in [0.29, 0.717) is 18.9 Å². The van der Waals surface area contributed by atoms with E-state index in [0.717, 1.165) is 64.6 Å². The Morgan fingerprint density at radius 1 is 1.00 bits per heavy atom. The Hall–Kier alpha value is -4.14. The fourth-order valence-corrected chi connectivity index (χ4v) is 4.48. The van der Waals surface area contributed by atoms with E-state index in [1.54, 1.807) is 0 Å². The molecule has 0 bridgehead atoms. The van der Waals surface area contributed by atoms with Crippen LogP contribution in [-0.4, -0.2) is 39.7 Å². The van der Waals surface area contributed by atoms with Crippen molar-refractivity contribution in [2.45, 2.75) is 66.5 Å². The summed E-state index contributed by atoms with van der Waals surface area (Å²) < 4.78 is 7.46. The number of alkyl carbamates (subject to hydrolysis) is 1. The number of carbonyl (C=O) groups excluding carboxylic acids is 2. The average Bonchev–Trinajstić information content (AvgIpc) is 3.32. The molecule has 9 heteroatoms. The molecule has 0 saturated heterocycles. The number of fused-ring (bicyclic) bond motifs is 3. The molecule has 0 aliphatic rings. The first-order valence-electron chi connectivity index (χ1n) is 14.0. The first-order valence-corrected chi connectivity index (χ1v) is 14.0. The standard InChI is InChI=1S/C31H40N6O3/c1-5-7-12-25-36-26-27(23-10-8-9-11-24(23)35-28(26)32)37(25)20-22-15-13-21(14-16-22)19-34-30(39)40-18-17-33-29(38)31(3,4)6-2/h8-11,13-16H,5-7,12,17-20H2,1-4H3,(H2,32,35)(H,33,38)(H,34,39). The largest absolute Gasteiger partial charge is 0.448 e. The molecular weight excluding hydrogens is 504 g/mol. The number of amides is 2. The van der Waals surface area contributed by atoms with Crippen LogP contribution in [0, 0.1) is 5.41 Å². The van der Waals surface area contributed by atoms with Gasteiger partial charge in [-0.3, -0.25) is 4.79 Å². The molecule has 0 fully saturated rings. The maximum atomic E-state index is 12.1. The number of benzene rings is 2. The van der Waals surface area contributed by atoms with Gasteiger partial charge in [-0.1, -0.05) is 76.6 Å². The number of hydrogen-bond donors (Lipinski definition) is 3. The Morgan fingerprint density at radius 2 is 1.73 bits per heavy atom. The highest BCUT2D eigenvalue weighted by molar-refractivity contribution is 6.06. The van der Waals surface area contributed by atoms with Gasteiger partial charge in [0.05, 0.1) is 17.6 Å². The molecule has 0 saturated carbocycles. The molecule has 0 radical (unpaired) electrons. The molecule has 2 heterocycles. The van der Waals surface area contributed by atoms with Crippen LogP contribution in [0.3, 0.4) is 0 Å². The normalized spacial score (nSPS) is 11.6. The van der Waals surface area contributed by atoms with Gasteiger partial charge in [0.2, 0.25) is 5.91 Å². The third-order valence-corrected chi connectivity index (χ3v) is 7.36. The lowest BCUT2D eigenvalue weighted by atomic mass is 9.89.